The van der Waals surface area contributed by atoms with Crippen molar-refractivity contribution < 1.29 is 9.53 Å². The zero-order valence-electron chi connectivity index (χ0n) is 10.1. The third-order valence-corrected chi connectivity index (χ3v) is 3.05. The fourth-order valence-corrected chi connectivity index (χ4v) is 1.99. The molecular weight excluding hydrogens is 230 g/mol. The van der Waals surface area contributed by atoms with Crippen LogP contribution in [0.3, 0.4) is 0 Å². The molecule has 1 aliphatic rings. The van der Waals surface area contributed by atoms with Gasteiger partial charge in [-0.05, 0) is 24.3 Å². The SMILES string of the molecule is CO[C@@H]1CNCC1NC(=O)c1ccc(C#N)cc1. The normalized spacial score (nSPS) is 22.4. The van der Waals surface area contributed by atoms with Crippen LogP contribution in [0.1, 0.15) is 15.9 Å². The quantitative estimate of drug-likeness (QED) is 0.802. The summed E-state index contributed by atoms with van der Waals surface area (Å²) in [5.41, 5.74) is 1.10. The second-order valence-corrected chi connectivity index (χ2v) is 4.20. The van der Waals surface area contributed by atoms with Crippen LogP contribution < -0.4 is 10.6 Å². The number of amides is 1. The topological polar surface area (TPSA) is 74.2 Å². The predicted octanol–water partition coefficient (Wildman–Crippen LogP) is 0.275. The molecule has 1 aromatic carbocycles. The number of benzene rings is 1. The first-order valence-corrected chi connectivity index (χ1v) is 5.79. The molecule has 5 nitrogen and oxygen atoms in total. The van der Waals surface area contributed by atoms with E-state index in [-0.39, 0.29) is 18.1 Å². The Morgan fingerprint density at radius 3 is 2.78 bits per heavy atom. The van der Waals surface area contributed by atoms with Crippen LogP contribution in [0.5, 0.6) is 0 Å². The predicted molar refractivity (Wildman–Crippen MR) is 66.1 cm³/mol. The highest BCUT2D eigenvalue weighted by molar-refractivity contribution is 5.94. The summed E-state index contributed by atoms with van der Waals surface area (Å²) >= 11 is 0. The van der Waals surface area contributed by atoms with Gasteiger partial charge >= 0.3 is 0 Å². The van der Waals surface area contributed by atoms with Crippen LogP contribution in [0.25, 0.3) is 0 Å². The minimum Gasteiger partial charge on any atom is -0.378 e. The lowest BCUT2D eigenvalue weighted by Gasteiger charge is -2.18. The summed E-state index contributed by atoms with van der Waals surface area (Å²) in [6.45, 7) is 1.45. The molecule has 1 unspecified atom stereocenters. The largest absolute Gasteiger partial charge is 0.378 e. The van der Waals surface area contributed by atoms with E-state index in [9.17, 15) is 4.79 Å². The van der Waals surface area contributed by atoms with Crippen LogP contribution in [0.2, 0.25) is 0 Å². The summed E-state index contributed by atoms with van der Waals surface area (Å²) in [5, 5.41) is 14.8. The molecule has 1 aromatic rings. The van der Waals surface area contributed by atoms with Gasteiger partial charge in [0.1, 0.15) is 0 Å². The third-order valence-electron chi connectivity index (χ3n) is 3.05. The van der Waals surface area contributed by atoms with Crippen molar-refractivity contribution in [2.45, 2.75) is 12.1 Å². The third kappa shape index (κ3) is 2.67. The van der Waals surface area contributed by atoms with Crippen LogP contribution in [-0.2, 0) is 4.74 Å². The van der Waals surface area contributed by atoms with Gasteiger partial charge in [-0.3, -0.25) is 4.79 Å². The van der Waals surface area contributed by atoms with Gasteiger partial charge in [-0.1, -0.05) is 0 Å². The van der Waals surface area contributed by atoms with E-state index in [1.54, 1.807) is 31.4 Å². The van der Waals surface area contributed by atoms with Crippen molar-refractivity contribution in [1.82, 2.24) is 10.6 Å². The molecule has 1 aliphatic heterocycles. The monoisotopic (exact) mass is 245 g/mol. The zero-order chi connectivity index (χ0) is 13.0. The van der Waals surface area contributed by atoms with E-state index in [1.165, 1.54) is 0 Å². The molecule has 0 spiro atoms. The minimum absolute atomic E-state index is 0.00679. The number of nitrogens with one attached hydrogen (secondary N) is 2. The van der Waals surface area contributed by atoms with Crippen LogP contribution >= 0.6 is 0 Å². The molecule has 0 bridgehead atoms. The molecule has 0 saturated carbocycles. The Balaban J connectivity index is 2.01. The average molecular weight is 245 g/mol. The van der Waals surface area contributed by atoms with Crippen molar-refractivity contribution in [3.63, 3.8) is 0 Å². The first kappa shape index (κ1) is 12.6. The number of ether oxygens (including phenoxy) is 1. The summed E-state index contributed by atoms with van der Waals surface area (Å²) in [6, 6.07) is 8.58. The second kappa shape index (κ2) is 5.63. The fraction of sp³-hybridized carbons (Fsp3) is 0.385. The number of rotatable bonds is 3. The molecule has 94 valence electrons. The van der Waals surface area contributed by atoms with Crippen molar-refractivity contribution in [2.24, 2.45) is 0 Å². The maximum atomic E-state index is 12.0. The molecule has 1 saturated heterocycles. The van der Waals surface area contributed by atoms with Gasteiger partial charge in [0.2, 0.25) is 0 Å². The molecule has 1 amide bonds. The average Bonchev–Trinajstić information content (AvgIpc) is 2.86. The summed E-state index contributed by atoms with van der Waals surface area (Å²) < 4.78 is 5.28. The molecule has 1 fully saturated rings. The van der Waals surface area contributed by atoms with Crippen molar-refractivity contribution in [1.29, 1.82) is 5.26 Å². The number of carbonyl (C=O) groups excluding carboxylic acids is 1. The Morgan fingerprint density at radius 2 is 2.17 bits per heavy atom. The standard InChI is InChI=1S/C13H15N3O2/c1-18-12-8-15-7-11(12)16-13(17)10-4-2-9(6-14)3-5-10/h2-5,11-12,15H,7-8H2,1H3,(H,16,17)/t11?,12-/m1/s1. The molecule has 18 heavy (non-hydrogen) atoms. The van der Waals surface area contributed by atoms with E-state index < -0.39 is 0 Å². The van der Waals surface area contributed by atoms with Gasteiger partial charge in [0.05, 0.1) is 23.8 Å². The van der Waals surface area contributed by atoms with E-state index in [4.69, 9.17) is 10.00 Å². The lowest BCUT2D eigenvalue weighted by molar-refractivity contribution is 0.0780. The second-order valence-electron chi connectivity index (χ2n) is 4.20. The van der Waals surface area contributed by atoms with E-state index in [0.29, 0.717) is 17.7 Å². The number of nitrogens with zero attached hydrogens (tertiary/aromatic N) is 1. The first-order chi connectivity index (χ1) is 8.74. The lowest BCUT2D eigenvalue weighted by atomic mass is 10.1. The molecule has 2 atom stereocenters. The number of hydrogen-bond donors (Lipinski definition) is 2. The molecule has 5 heteroatoms. The first-order valence-electron chi connectivity index (χ1n) is 5.79. The summed E-state index contributed by atoms with van der Waals surface area (Å²) in [6.07, 6.45) is 0.00679. The van der Waals surface area contributed by atoms with Gasteiger partial charge < -0.3 is 15.4 Å². The van der Waals surface area contributed by atoms with Crippen molar-refractivity contribution in [2.75, 3.05) is 20.2 Å². The van der Waals surface area contributed by atoms with Crippen LogP contribution in [0.4, 0.5) is 0 Å². The van der Waals surface area contributed by atoms with Crippen LogP contribution in [-0.4, -0.2) is 38.3 Å². The maximum Gasteiger partial charge on any atom is 0.251 e. The summed E-state index contributed by atoms with van der Waals surface area (Å²) in [5.74, 6) is -0.143. The molecule has 0 aliphatic carbocycles. The molecule has 2 rings (SSSR count). The summed E-state index contributed by atoms with van der Waals surface area (Å²) in [4.78, 5) is 12.0. The molecule has 1 heterocycles. The Morgan fingerprint density at radius 1 is 1.44 bits per heavy atom. The Kier molecular flexibility index (Phi) is 3.92. The van der Waals surface area contributed by atoms with Crippen LogP contribution in [0, 0.1) is 11.3 Å². The lowest BCUT2D eigenvalue weighted by Crippen LogP contribution is -2.43. The highest BCUT2D eigenvalue weighted by Crippen LogP contribution is 2.07. The Hall–Kier alpha value is -1.90. The van der Waals surface area contributed by atoms with Gasteiger partial charge in [0.25, 0.3) is 5.91 Å². The molecule has 2 N–H and O–H groups in total. The van der Waals surface area contributed by atoms with E-state index in [0.717, 1.165) is 6.54 Å². The van der Waals surface area contributed by atoms with E-state index in [2.05, 4.69) is 10.6 Å². The molecule has 0 radical (unpaired) electrons. The van der Waals surface area contributed by atoms with E-state index >= 15 is 0 Å². The van der Waals surface area contributed by atoms with Crippen molar-refractivity contribution in [3.8, 4) is 6.07 Å². The number of carbonyl (C=O) groups is 1. The summed E-state index contributed by atoms with van der Waals surface area (Å²) in [7, 11) is 1.64. The van der Waals surface area contributed by atoms with Gasteiger partial charge in [0.15, 0.2) is 0 Å². The van der Waals surface area contributed by atoms with Gasteiger partial charge in [-0.25, -0.2) is 0 Å². The Bertz CT molecular complexity index is 464. The number of nitriles is 1. The van der Waals surface area contributed by atoms with Gasteiger partial charge in [-0.15, -0.1) is 0 Å². The van der Waals surface area contributed by atoms with Crippen molar-refractivity contribution >= 4 is 5.91 Å². The minimum atomic E-state index is -0.143. The van der Waals surface area contributed by atoms with E-state index in [1.807, 2.05) is 6.07 Å². The van der Waals surface area contributed by atoms with Crippen molar-refractivity contribution in [3.05, 3.63) is 35.4 Å². The Labute approximate surface area is 106 Å². The fourth-order valence-electron chi connectivity index (χ4n) is 1.99. The number of methoxy groups -OCH3 is 1. The van der Waals surface area contributed by atoms with Gasteiger partial charge in [-0.2, -0.15) is 5.26 Å². The van der Waals surface area contributed by atoms with Gasteiger partial charge in [0, 0.05) is 25.8 Å². The van der Waals surface area contributed by atoms with Crippen LogP contribution in [0.15, 0.2) is 24.3 Å². The molecule has 0 aromatic heterocycles. The highest BCUT2D eigenvalue weighted by atomic mass is 16.5. The maximum absolute atomic E-state index is 12.0. The zero-order valence-corrected chi connectivity index (χ0v) is 10.1. The molecular formula is C13H15N3O2. The number of hydrogen-bond acceptors (Lipinski definition) is 4. The highest BCUT2D eigenvalue weighted by Gasteiger charge is 2.28. The smallest absolute Gasteiger partial charge is 0.251 e.